The van der Waals surface area contributed by atoms with Crippen LogP contribution in [-0.4, -0.2) is 21.8 Å². The van der Waals surface area contributed by atoms with Gasteiger partial charge in [-0.1, -0.05) is 29.8 Å². The van der Waals surface area contributed by atoms with Crippen LogP contribution in [0.5, 0.6) is 0 Å². The lowest BCUT2D eigenvalue weighted by atomic mass is 10.2. The number of anilines is 3. The zero-order valence-electron chi connectivity index (χ0n) is 15.1. The minimum Gasteiger partial charge on any atom is -0.365 e. The number of carbonyl (C=O) groups excluding carboxylic acids is 2. The number of rotatable bonds is 6. The van der Waals surface area contributed by atoms with E-state index >= 15 is 0 Å². The highest BCUT2D eigenvalue weighted by Crippen LogP contribution is 2.16. The summed E-state index contributed by atoms with van der Waals surface area (Å²) in [5.41, 5.74) is 2.37. The molecule has 0 unspecified atom stereocenters. The SMILES string of the molecule is CC(=O)Nc1cccc(NC(=O)c2cnc(NCc3ccc(Cl)cc3)cn2)c1. The number of nitrogens with zero attached hydrogens (tertiary/aromatic N) is 2. The number of aromatic nitrogens is 2. The Labute approximate surface area is 167 Å². The Kier molecular flexibility index (Phi) is 6.18. The number of halogens is 1. The van der Waals surface area contributed by atoms with Crippen LogP contribution in [-0.2, 0) is 11.3 Å². The molecule has 3 N–H and O–H groups in total. The number of amides is 2. The highest BCUT2D eigenvalue weighted by molar-refractivity contribution is 6.30. The lowest BCUT2D eigenvalue weighted by molar-refractivity contribution is -0.114. The number of carbonyl (C=O) groups is 2. The molecule has 0 spiro atoms. The van der Waals surface area contributed by atoms with Crippen LogP contribution in [0.1, 0.15) is 23.0 Å². The van der Waals surface area contributed by atoms with Crippen LogP contribution < -0.4 is 16.0 Å². The van der Waals surface area contributed by atoms with Crippen LogP contribution in [0, 0.1) is 0 Å². The van der Waals surface area contributed by atoms with Gasteiger partial charge in [0.05, 0.1) is 12.4 Å². The molecule has 1 heterocycles. The molecule has 8 heteroatoms. The quantitative estimate of drug-likeness (QED) is 0.587. The molecule has 3 aromatic rings. The predicted molar refractivity (Wildman–Crippen MR) is 110 cm³/mol. The molecular weight excluding hydrogens is 378 g/mol. The summed E-state index contributed by atoms with van der Waals surface area (Å²) >= 11 is 5.87. The number of benzene rings is 2. The van der Waals surface area contributed by atoms with E-state index in [1.807, 2.05) is 24.3 Å². The third-order valence-electron chi connectivity index (χ3n) is 3.71. The summed E-state index contributed by atoms with van der Waals surface area (Å²) in [6.45, 7) is 1.98. The Hall–Kier alpha value is -3.45. The van der Waals surface area contributed by atoms with E-state index in [-0.39, 0.29) is 11.6 Å². The Morgan fingerprint density at radius 1 is 0.964 bits per heavy atom. The standard InChI is InChI=1S/C20H18ClN5O2/c1-13(27)25-16-3-2-4-17(9-16)26-20(28)18-11-24-19(12-22-18)23-10-14-5-7-15(21)8-6-14/h2-9,11-12H,10H2,1H3,(H,23,24)(H,25,27)(H,26,28). The van der Waals surface area contributed by atoms with E-state index < -0.39 is 5.91 Å². The van der Waals surface area contributed by atoms with Gasteiger partial charge in [0.15, 0.2) is 0 Å². The van der Waals surface area contributed by atoms with Crippen molar-refractivity contribution in [3.63, 3.8) is 0 Å². The Balaban J connectivity index is 1.59. The molecule has 3 rings (SSSR count). The van der Waals surface area contributed by atoms with E-state index in [4.69, 9.17) is 11.6 Å². The van der Waals surface area contributed by atoms with Crippen molar-refractivity contribution in [2.45, 2.75) is 13.5 Å². The van der Waals surface area contributed by atoms with Crippen LogP contribution >= 0.6 is 11.6 Å². The van der Waals surface area contributed by atoms with Crippen LogP contribution in [0.25, 0.3) is 0 Å². The average molecular weight is 396 g/mol. The molecule has 7 nitrogen and oxygen atoms in total. The van der Waals surface area contributed by atoms with Gasteiger partial charge in [-0.2, -0.15) is 0 Å². The molecule has 2 amide bonds. The summed E-state index contributed by atoms with van der Waals surface area (Å²) in [5, 5.41) is 9.21. The van der Waals surface area contributed by atoms with Gasteiger partial charge in [0.1, 0.15) is 11.5 Å². The number of hydrogen-bond donors (Lipinski definition) is 3. The van der Waals surface area contributed by atoms with Gasteiger partial charge in [-0.05, 0) is 35.9 Å². The molecule has 0 saturated heterocycles. The molecule has 0 fully saturated rings. The Morgan fingerprint density at radius 2 is 1.68 bits per heavy atom. The number of hydrogen-bond acceptors (Lipinski definition) is 5. The fourth-order valence-electron chi connectivity index (χ4n) is 2.40. The van der Waals surface area contributed by atoms with Crippen molar-refractivity contribution in [2.24, 2.45) is 0 Å². The minimum atomic E-state index is -0.392. The third-order valence-corrected chi connectivity index (χ3v) is 3.96. The molecule has 28 heavy (non-hydrogen) atoms. The monoisotopic (exact) mass is 395 g/mol. The van der Waals surface area contributed by atoms with Gasteiger partial charge in [0, 0.05) is 29.9 Å². The van der Waals surface area contributed by atoms with Gasteiger partial charge in [-0.3, -0.25) is 9.59 Å². The third kappa shape index (κ3) is 5.52. The van der Waals surface area contributed by atoms with E-state index in [2.05, 4.69) is 25.9 Å². The molecule has 0 aliphatic rings. The molecule has 0 radical (unpaired) electrons. The summed E-state index contributed by atoms with van der Waals surface area (Å²) in [6, 6.07) is 14.3. The second kappa shape index (κ2) is 8.96. The molecule has 142 valence electrons. The van der Waals surface area contributed by atoms with Crippen molar-refractivity contribution in [3.05, 3.63) is 77.2 Å². The van der Waals surface area contributed by atoms with Crippen molar-refractivity contribution in [1.29, 1.82) is 0 Å². The van der Waals surface area contributed by atoms with Gasteiger partial charge >= 0.3 is 0 Å². The average Bonchev–Trinajstić information content (AvgIpc) is 2.68. The lowest BCUT2D eigenvalue weighted by Crippen LogP contribution is -2.15. The second-order valence-electron chi connectivity index (χ2n) is 5.98. The van der Waals surface area contributed by atoms with Gasteiger partial charge in [0.2, 0.25) is 5.91 Å². The molecular formula is C20H18ClN5O2. The predicted octanol–water partition coefficient (Wildman–Crippen LogP) is 3.95. The second-order valence-corrected chi connectivity index (χ2v) is 6.42. The molecule has 2 aromatic carbocycles. The normalized spacial score (nSPS) is 10.2. The highest BCUT2D eigenvalue weighted by Gasteiger charge is 2.09. The fraction of sp³-hybridized carbons (Fsp3) is 0.100. The van der Waals surface area contributed by atoms with Crippen LogP contribution in [0.4, 0.5) is 17.2 Å². The van der Waals surface area contributed by atoms with Gasteiger partial charge < -0.3 is 16.0 Å². The topological polar surface area (TPSA) is 96.0 Å². The van der Waals surface area contributed by atoms with Crippen molar-refractivity contribution in [2.75, 3.05) is 16.0 Å². The zero-order chi connectivity index (χ0) is 19.9. The van der Waals surface area contributed by atoms with Crippen LogP contribution in [0.15, 0.2) is 60.9 Å². The molecule has 0 atom stereocenters. The molecule has 0 bridgehead atoms. The van der Waals surface area contributed by atoms with E-state index in [9.17, 15) is 9.59 Å². The smallest absolute Gasteiger partial charge is 0.275 e. The maximum atomic E-state index is 12.3. The number of nitrogens with one attached hydrogen (secondary N) is 3. The van der Waals surface area contributed by atoms with Crippen molar-refractivity contribution < 1.29 is 9.59 Å². The van der Waals surface area contributed by atoms with E-state index in [1.54, 1.807) is 24.3 Å². The first kappa shape index (κ1) is 19.3. The van der Waals surface area contributed by atoms with Crippen molar-refractivity contribution in [1.82, 2.24) is 9.97 Å². The molecule has 1 aromatic heterocycles. The van der Waals surface area contributed by atoms with Crippen molar-refractivity contribution in [3.8, 4) is 0 Å². The van der Waals surface area contributed by atoms with Crippen molar-refractivity contribution >= 4 is 40.6 Å². The summed E-state index contributed by atoms with van der Waals surface area (Å²) in [7, 11) is 0. The van der Waals surface area contributed by atoms with E-state index in [0.717, 1.165) is 5.56 Å². The van der Waals surface area contributed by atoms with Gasteiger partial charge in [0.25, 0.3) is 5.91 Å². The van der Waals surface area contributed by atoms with Gasteiger partial charge in [-0.15, -0.1) is 0 Å². The highest BCUT2D eigenvalue weighted by atomic mass is 35.5. The first-order valence-corrected chi connectivity index (χ1v) is 8.87. The van der Waals surface area contributed by atoms with Crippen LogP contribution in [0.3, 0.4) is 0 Å². The summed E-state index contributed by atoms with van der Waals surface area (Å²) < 4.78 is 0. The Morgan fingerprint density at radius 3 is 2.32 bits per heavy atom. The first-order valence-electron chi connectivity index (χ1n) is 8.49. The molecule has 0 aliphatic heterocycles. The summed E-state index contributed by atoms with van der Waals surface area (Å²) in [5.74, 6) is -0.0214. The molecule has 0 aliphatic carbocycles. The minimum absolute atomic E-state index is 0.182. The lowest BCUT2D eigenvalue weighted by Gasteiger charge is -2.08. The fourth-order valence-corrected chi connectivity index (χ4v) is 2.53. The van der Waals surface area contributed by atoms with Crippen LogP contribution in [0.2, 0.25) is 5.02 Å². The largest absolute Gasteiger partial charge is 0.365 e. The summed E-state index contributed by atoms with van der Waals surface area (Å²) in [6.07, 6.45) is 2.90. The zero-order valence-corrected chi connectivity index (χ0v) is 15.8. The maximum Gasteiger partial charge on any atom is 0.275 e. The molecule has 0 saturated carbocycles. The Bertz CT molecular complexity index is 975. The van der Waals surface area contributed by atoms with E-state index in [0.29, 0.717) is 28.8 Å². The summed E-state index contributed by atoms with van der Waals surface area (Å²) in [4.78, 5) is 31.8. The van der Waals surface area contributed by atoms with Gasteiger partial charge in [-0.25, -0.2) is 9.97 Å². The first-order chi connectivity index (χ1) is 13.5. The van der Waals surface area contributed by atoms with E-state index in [1.165, 1.54) is 19.3 Å². The maximum absolute atomic E-state index is 12.3.